The van der Waals surface area contributed by atoms with E-state index in [9.17, 15) is 4.79 Å². The summed E-state index contributed by atoms with van der Waals surface area (Å²) in [7, 11) is 1.71. The molecule has 1 heterocycles. The first-order valence-corrected chi connectivity index (χ1v) is 6.81. The standard InChI is InChI=1S/C13H24N2O2/c1-3-11-14-13(7-4-5-8-13)12(16)15(11)9-6-10-17-2/h11,14H,3-10H2,1-2H3. The molecular weight excluding hydrogens is 216 g/mol. The number of hydrogen-bond acceptors (Lipinski definition) is 3. The van der Waals surface area contributed by atoms with Crippen molar-refractivity contribution in [2.45, 2.75) is 57.2 Å². The zero-order valence-corrected chi connectivity index (χ0v) is 11.0. The Kier molecular flexibility index (Phi) is 4.05. The van der Waals surface area contributed by atoms with E-state index in [0.717, 1.165) is 38.8 Å². The van der Waals surface area contributed by atoms with E-state index in [0.29, 0.717) is 5.91 Å². The smallest absolute Gasteiger partial charge is 0.244 e. The summed E-state index contributed by atoms with van der Waals surface area (Å²) < 4.78 is 5.06. The van der Waals surface area contributed by atoms with Crippen LogP contribution >= 0.6 is 0 Å². The Morgan fingerprint density at radius 3 is 2.76 bits per heavy atom. The summed E-state index contributed by atoms with van der Waals surface area (Å²) in [5, 5.41) is 3.58. The minimum atomic E-state index is -0.215. The zero-order valence-electron chi connectivity index (χ0n) is 11.0. The second kappa shape index (κ2) is 5.36. The topological polar surface area (TPSA) is 41.6 Å². The van der Waals surface area contributed by atoms with Crippen molar-refractivity contribution in [2.24, 2.45) is 0 Å². The highest BCUT2D eigenvalue weighted by molar-refractivity contribution is 5.89. The highest BCUT2D eigenvalue weighted by atomic mass is 16.5. The maximum absolute atomic E-state index is 12.5. The molecule has 2 aliphatic rings. The summed E-state index contributed by atoms with van der Waals surface area (Å²) in [5.41, 5.74) is -0.215. The van der Waals surface area contributed by atoms with Crippen molar-refractivity contribution in [2.75, 3.05) is 20.3 Å². The van der Waals surface area contributed by atoms with Gasteiger partial charge in [-0.3, -0.25) is 10.1 Å². The van der Waals surface area contributed by atoms with Gasteiger partial charge in [0.15, 0.2) is 0 Å². The molecule has 0 aromatic carbocycles. The average molecular weight is 240 g/mol. The van der Waals surface area contributed by atoms with Crippen molar-refractivity contribution in [3.8, 4) is 0 Å². The van der Waals surface area contributed by atoms with Gasteiger partial charge in [0.05, 0.1) is 11.7 Å². The van der Waals surface area contributed by atoms with Gasteiger partial charge < -0.3 is 9.64 Å². The van der Waals surface area contributed by atoms with Crippen molar-refractivity contribution < 1.29 is 9.53 Å². The van der Waals surface area contributed by atoms with E-state index in [1.807, 2.05) is 4.90 Å². The van der Waals surface area contributed by atoms with E-state index >= 15 is 0 Å². The second-order valence-electron chi connectivity index (χ2n) is 5.20. The monoisotopic (exact) mass is 240 g/mol. The lowest BCUT2D eigenvalue weighted by Crippen LogP contribution is -2.44. The zero-order chi connectivity index (χ0) is 12.3. The predicted molar refractivity (Wildman–Crippen MR) is 66.6 cm³/mol. The number of methoxy groups -OCH3 is 1. The summed E-state index contributed by atoms with van der Waals surface area (Å²) >= 11 is 0. The Hall–Kier alpha value is -0.610. The molecule has 1 N–H and O–H groups in total. The molecule has 0 radical (unpaired) electrons. The van der Waals surface area contributed by atoms with Crippen LogP contribution in [0, 0.1) is 0 Å². The maximum atomic E-state index is 12.5. The van der Waals surface area contributed by atoms with Gasteiger partial charge >= 0.3 is 0 Å². The Bertz CT molecular complexity index is 275. The van der Waals surface area contributed by atoms with Crippen molar-refractivity contribution in [3.63, 3.8) is 0 Å². The third-order valence-corrected chi connectivity index (χ3v) is 4.08. The van der Waals surface area contributed by atoms with E-state index in [1.54, 1.807) is 7.11 Å². The number of carbonyl (C=O) groups excluding carboxylic acids is 1. The largest absolute Gasteiger partial charge is 0.385 e. The SMILES string of the molecule is CCC1NC2(CCCC2)C(=O)N1CCCOC. The molecule has 4 heteroatoms. The summed E-state index contributed by atoms with van der Waals surface area (Å²) in [4.78, 5) is 14.5. The molecule has 1 amide bonds. The van der Waals surface area contributed by atoms with Crippen LogP contribution in [0.5, 0.6) is 0 Å². The fourth-order valence-electron chi connectivity index (χ4n) is 3.17. The molecule has 4 nitrogen and oxygen atoms in total. The molecule has 1 atom stereocenters. The van der Waals surface area contributed by atoms with E-state index in [1.165, 1.54) is 12.8 Å². The van der Waals surface area contributed by atoms with E-state index < -0.39 is 0 Å². The molecule has 1 saturated carbocycles. The molecular formula is C13H24N2O2. The Morgan fingerprint density at radius 2 is 2.18 bits per heavy atom. The number of nitrogens with zero attached hydrogens (tertiary/aromatic N) is 1. The number of rotatable bonds is 5. The Balaban J connectivity index is 2.01. The van der Waals surface area contributed by atoms with Crippen LogP contribution in [0.2, 0.25) is 0 Å². The number of carbonyl (C=O) groups is 1. The molecule has 1 spiro atoms. The first-order valence-electron chi connectivity index (χ1n) is 6.81. The molecule has 0 bridgehead atoms. The van der Waals surface area contributed by atoms with Crippen LogP contribution in [-0.2, 0) is 9.53 Å². The van der Waals surface area contributed by atoms with E-state index in [2.05, 4.69) is 12.2 Å². The quantitative estimate of drug-likeness (QED) is 0.741. The normalized spacial score (nSPS) is 27.3. The maximum Gasteiger partial charge on any atom is 0.244 e. The number of nitrogens with one attached hydrogen (secondary N) is 1. The third kappa shape index (κ3) is 2.33. The molecule has 1 saturated heterocycles. The van der Waals surface area contributed by atoms with Gasteiger partial charge in [0.2, 0.25) is 5.91 Å². The summed E-state index contributed by atoms with van der Waals surface area (Å²) in [6.07, 6.45) is 6.54. The molecule has 1 aliphatic heterocycles. The van der Waals surface area contributed by atoms with Gasteiger partial charge in [0.25, 0.3) is 0 Å². The molecule has 17 heavy (non-hydrogen) atoms. The minimum absolute atomic E-state index is 0.215. The first-order chi connectivity index (χ1) is 8.23. The van der Waals surface area contributed by atoms with Crippen LogP contribution in [0.4, 0.5) is 0 Å². The summed E-state index contributed by atoms with van der Waals surface area (Å²) in [6.45, 7) is 3.69. The Morgan fingerprint density at radius 1 is 1.47 bits per heavy atom. The van der Waals surface area contributed by atoms with Crippen LogP contribution in [0.3, 0.4) is 0 Å². The lowest BCUT2D eigenvalue weighted by Gasteiger charge is -2.23. The number of hydrogen-bond donors (Lipinski definition) is 1. The minimum Gasteiger partial charge on any atom is -0.385 e. The average Bonchev–Trinajstić information content (AvgIpc) is 2.90. The lowest BCUT2D eigenvalue weighted by atomic mass is 9.98. The van der Waals surface area contributed by atoms with Gasteiger partial charge in [-0.2, -0.15) is 0 Å². The number of ether oxygens (including phenoxy) is 1. The highest BCUT2D eigenvalue weighted by Crippen LogP contribution is 2.36. The summed E-state index contributed by atoms with van der Waals surface area (Å²) in [6, 6.07) is 0. The molecule has 1 unspecified atom stereocenters. The van der Waals surface area contributed by atoms with E-state index in [-0.39, 0.29) is 11.7 Å². The van der Waals surface area contributed by atoms with Gasteiger partial charge in [-0.05, 0) is 25.7 Å². The van der Waals surface area contributed by atoms with Gasteiger partial charge in [0.1, 0.15) is 0 Å². The fraction of sp³-hybridized carbons (Fsp3) is 0.923. The van der Waals surface area contributed by atoms with Crippen molar-refractivity contribution >= 4 is 5.91 Å². The van der Waals surface area contributed by atoms with Gasteiger partial charge in [-0.25, -0.2) is 0 Å². The van der Waals surface area contributed by atoms with Gasteiger partial charge in [-0.1, -0.05) is 19.8 Å². The first kappa shape index (κ1) is 12.8. The third-order valence-electron chi connectivity index (χ3n) is 4.08. The molecule has 0 aromatic rings. The predicted octanol–water partition coefficient (Wildman–Crippen LogP) is 1.50. The fourth-order valence-corrected chi connectivity index (χ4v) is 3.17. The van der Waals surface area contributed by atoms with Crippen molar-refractivity contribution in [1.29, 1.82) is 0 Å². The molecule has 2 fully saturated rings. The van der Waals surface area contributed by atoms with Gasteiger partial charge in [0, 0.05) is 20.3 Å². The van der Waals surface area contributed by atoms with Crippen molar-refractivity contribution in [1.82, 2.24) is 10.2 Å². The van der Waals surface area contributed by atoms with E-state index in [4.69, 9.17) is 4.74 Å². The van der Waals surface area contributed by atoms with Crippen LogP contribution in [0.1, 0.15) is 45.4 Å². The summed E-state index contributed by atoms with van der Waals surface area (Å²) in [5.74, 6) is 0.331. The number of amides is 1. The molecule has 0 aromatic heterocycles. The highest BCUT2D eigenvalue weighted by Gasteiger charge is 2.51. The van der Waals surface area contributed by atoms with Crippen LogP contribution in [0.15, 0.2) is 0 Å². The van der Waals surface area contributed by atoms with Crippen LogP contribution in [-0.4, -0.2) is 42.8 Å². The molecule has 1 aliphatic carbocycles. The van der Waals surface area contributed by atoms with Crippen LogP contribution < -0.4 is 5.32 Å². The molecule has 98 valence electrons. The second-order valence-corrected chi connectivity index (χ2v) is 5.20. The lowest BCUT2D eigenvalue weighted by molar-refractivity contribution is -0.133. The Labute approximate surface area is 104 Å². The molecule has 2 rings (SSSR count). The van der Waals surface area contributed by atoms with Gasteiger partial charge in [-0.15, -0.1) is 0 Å². The van der Waals surface area contributed by atoms with Crippen LogP contribution in [0.25, 0.3) is 0 Å². The van der Waals surface area contributed by atoms with Crippen molar-refractivity contribution in [3.05, 3.63) is 0 Å².